The molecule has 0 aliphatic rings. The molecule has 0 saturated heterocycles. The highest BCUT2D eigenvalue weighted by atomic mass is 35.5. The highest BCUT2D eigenvalue weighted by Crippen LogP contribution is 2.02. The van der Waals surface area contributed by atoms with Gasteiger partial charge in [-0.05, 0) is 12.1 Å². The molecule has 4 heteroatoms. The number of halogens is 1. The van der Waals surface area contributed by atoms with Crippen molar-refractivity contribution in [1.29, 1.82) is 0 Å². The molecule has 0 aromatic carbocycles. The van der Waals surface area contributed by atoms with Crippen LogP contribution in [0, 0.1) is 0 Å². The summed E-state index contributed by atoms with van der Waals surface area (Å²) < 4.78 is 0. The molecule has 50 valence electrons. The molecular weight excluding hydrogens is 150 g/mol. The van der Waals surface area contributed by atoms with Gasteiger partial charge in [0.1, 0.15) is 10.8 Å². The van der Waals surface area contributed by atoms with E-state index in [2.05, 4.69) is 9.77 Å². The van der Waals surface area contributed by atoms with Crippen LogP contribution in [-0.2, 0) is 0 Å². The van der Waals surface area contributed by atoms with Gasteiger partial charge in [-0.1, -0.05) is 17.7 Å². The first-order valence-electron chi connectivity index (χ1n) is 2.63. The third kappa shape index (κ3) is 1.65. The third-order valence-electron chi connectivity index (χ3n) is 0.927. The lowest BCUT2D eigenvalue weighted by molar-refractivity contribution is 0.00427. The fraction of sp³-hybridized carbons (Fsp3) is 0. The van der Waals surface area contributed by atoms with Crippen molar-refractivity contribution in [2.75, 3.05) is 0 Å². The monoisotopic (exact) mass is 153 g/mol. The lowest BCUT2D eigenvalue weighted by Gasteiger charge is -1.85. The minimum Gasteiger partial charge on any atom is -0.361 e. The molecular formula is C6H4ClN3. The number of nitrogens with zero attached hydrogens (tertiary/aromatic N) is 3. The number of rotatable bonds is 1. The molecule has 1 aromatic rings. The van der Waals surface area contributed by atoms with Crippen LogP contribution in [0.1, 0.15) is 5.69 Å². The maximum absolute atomic E-state index is 8.10. The quantitative estimate of drug-likeness (QED) is 0.260. The molecule has 0 bridgehead atoms. The summed E-state index contributed by atoms with van der Waals surface area (Å²) in [7, 11) is 0. The van der Waals surface area contributed by atoms with Crippen LogP contribution in [0.4, 0.5) is 0 Å². The zero-order valence-corrected chi connectivity index (χ0v) is 5.78. The predicted octanol–water partition coefficient (Wildman–Crippen LogP) is 1.38. The Labute approximate surface area is 62.9 Å². The summed E-state index contributed by atoms with van der Waals surface area (Å²) >= 11 is 5.53. The molecule has 0 N–H and O–H groups in total. The Hall–Kier alpha value is -1.18. The second-order valence-electron chi connectivity index (χ2n) is 1.63. The molecule has 1 heterocycles. The van der Waals surface area contributed by atoms with Crippen molar-refractivity contribution in [1.82, 2.24) is 4.98 Å². The lowest BCUT2D eigenvalue weighted by Crippen LogP contribution is -1.86. The van der Waals surface area contributed by atoms with Crippen LogP contribution in [0.3, 0.4) is 0 Å². The van der Waals surface area contributed by atoms with Gasteiger partial charge < -0.3 is 5.53 Å². The van der Waals surface area contributed by atoms with Crippen LogP contribution in [-0.4, -0.2) is 16.0 Å². The second-order valence-corrected chi connectivity index (χ2v) is 2.02. The highest BCUT2D eigenvalue weighted by molar-refractivity contribution is 6.29. The van der Waals surface area contributed by atoms with E-state index in [0.29, 0.717) is 10.8 Å². The van der Waals surface area contributed by atoms with Gasteiger partial charge in [0.15, 0.2) is 0 Å². The Morgan fingerprint density at radius 3 is 3.00 bits per heavy atom. The summed E-state index contributed by atoms with van der Waals surface area (Å²) in [6, 6.07) is 5.06. The van der Waals surface area contributed by atoms with Crippen molar-refractivity contribution in [2.45, 2.75) is 0 Å². The first kappa shape index (κ1) is 6.93. The smallest absolute Gasteiger partial charge is 0.306 e. The average Bonchev–Trinajstić information content (AvgIpc) is 1.88. The maximum Gasteiger partial charge on any atom is 0.306 e. The average molecular weight is 154 g/mol. The van der Waals surface area contributed by atoms with E-state index in [1.54, 1.807) is 18.2 Å². The largest absolute Gasteiger partial charge is 0.361 e. The molecule has 0 atom stereocenters. The standard InChI is InChI=1S/C6H4ClN3/c7-6-3-1-2-5(10-6)4-9-8/h1-4H. The molecule has 0 aliphatic heterocycles. The van der Waals surface area contributed by atoms with Crippen molar-refractivity contribution in [2.24, 2.45) is 0 Å². The minimum atomic E-state index is 0.386. The van der Waals surface area contributed by atoms with Gasteiger partial charge >= 0.3 is 6.21 Å². The van der Waals surface area contributed by atoms with Crippen LogP contribution in [0.5, 0.6) is 0 Å². The first-order valence-corrected chi connectivity index (χ1v) is 3.01. The number of hydrogen-bond acceptors (Lipinski definition) is 1. The van der Waals surface area contributed by atoms with Gasteiger partial charge in [0.2, 0.25) is 0 Å². The Balaban J connectivity index is 3.06. The minimum absolute atomic E-state index is 0.386. The molecule has 10 heavy (non-hydrogen) atoms. The van der Waals surface area contributed by atoms with Gasteiger partial charge in [0.05, 0.1) is 0 Å². The zero-order chi connectivity index (χ0) is 7.40. The van der Waals surface area contributed by atoms with Crippen LogP contribution in [0.25, 0.3) is 5.53 Å². The summed E-state index contributed by atoms with van der Waals surface area (Å²) in [6.07, 6.45) is 1.21. The fourth-order valence-corrected chi connectivity index (χ4v) is 0.725. The van der Waals surface area contributed by atoms with Gasteiger partial charge in [0.25, 0.3) is 0 Å². The molecule has 0 saturated carbocycles. The molecule has 0 aliphatic carbocycles. The molecule has 0 unspecified atom stereocenters. The Kier molecular flexibility index (Phi) is 2.15. The number of hydrogen-bond donors (Lipinski definition) is 0. The summed E-state index contributed by atoms with van der Waals surface area (Å²) in [5.74, 6) is 0. The van der Waals surface area contributed by atoms with Gasteiger partial charge in [-0.25, -0.2) is 4.98 Å². The molecule has 3 nitrogen and oxygen atoms in total. The van der Waals surface area contributed by atoms with E-state index in [4.69, 9.17) is 17.1 Å². The Bertz CT molecular complexity index is 278. The van der Waals surface area contributed by atoms with Gasteiger partial charge in [-0.2, -0.15) is 4.79 Å². The molecule has 1 rings (SSSR count). The number of aromatic nitrogens is 1. The molecule has 0 radical (unpaired) electrons. The van der Waals surface area contributed by atoms with Crippen molar-refractivity contribution in [3.63, 3.8) is 0 Å². The van der Waals surface area contributed by atoms with E-state index in [1.165, 1.54) is 6.21 Å². The Morgan fingerprint density at radius 2 is 2.40 bits per heavy atom. The predicted molar refractivity (Wildman–Crippen MR) is 38.0 cm³/mol. The molecule has 0 amide bonds. The summed E-state index contributed by atoms with van der Waals surface area (Å²) in [4.78, 5) is 6.62. The van der Waals surface area contributed by atoms with E-state index < -0.39 is 0 Å². The Morgan fingerprint density at radius 1 is 1.60 bits per heavy atom. The summed E-state index contributed by atoms with van der Waals surface area (Å²) in [6.45, 7) is 0. The topological polar surface area (TPSA) is 49.3 Å². The first-order chi connectivity index (χ1) is 4.83. The second kappa shape index (κ2) is 3.11. The van der Waals surface area contributed by atoms with E-state index in [1.807, 2.05) is 0 Å². The zero-order valence-electron chi connectivity index (χ0n) is 5.03. The van der Waals surface area contributed by atoms with Crippen molar-refractivity contribution in [3.05, 3.63) is 34.6 Å². The maximum atomic E-state index is 8.10. The van der Waals surface area contributed by atoms with Crippen LogP contribution < -0.4 is 0 Å². The van der Waals surface area contributed by atoms with Crippen LogP contribution >= 0.6 is 11.6 Å². The molecule has 0 fully saturated rings. The van der Waals surface area contributed by atoms with Gasteiger partial charge in [0, 0.05) is 0 Å². The summed E-state index contributed by atoms with van der Waals surface area (Å²) in [5, 5.41) is 0.386. The normalized spacial score (nSPS) is 8.50. The van der Waals surface area contributed by atoms with E-state index in [0.717, 1.165) is 0 Å². The highest BCUT2D eigenvalue weighted by Gasteiger charge is 1.93. The van der Waals surface area contributed by atoms with E-state index in [-0.39, 0.29) is 0 Å². The molecule has 1 aromatic heterocycles. The lowest BCUT2D eigenvalue weighted by atomic mass is 10.4. The summed E-state index contributed by atoms with van der Waals surface area (Å²) in [5.41, 5.74) is 8.63. The SMILES string of the molecule is [N-]=[N+]=Cc1cccc(Cl)n1. The third-order valence-corrected chi connectivity index (χ3v) is 1.14. The van der Waals surface area contributed by atoms with Crippen molar-refractivity contribution in [3.8, 4) is 0 Å². The van der Waals surface area contributed by atoms with Crippen molar-refractivity contribution < 1.29 is 4.79 Å². The van der Waals surface area contributed by atoms with Gasteiger partial charge in [-0.15, -0.1) is 0 Å². The molecule has 0 spiro atoms. The van der Waals surface area contributed by atoms with Crippen molar-refractivity contribution >= 4 is 17.8 Å². The van der Waals surface area contributed by atoms with Crippen LogP contribution in [0.2, 0.25) is 5.15 Å². The van der Waals surface area contributed by atoms with E-state index >= 15 is 0 Å². The van der Waals surface area contributed by atoms with Crippen LogP contribution in [0.15, 0.2) is 18.2 Å². The van der Waals surface area contributed by atoms with Gasteiger partial charge in [-0.3, -0.25) is 0 Å². The number of pyridine rings is 1. The fourth-order valence-electron chi connectivity index (χ4n) is 0.555. The van der Waals surface area contributed by atoms with E-state index in [9.17, 15) is 0 Å².